The number of amides is 2. The lowest BCUT2D eigenvalue weighted by Gasteiger charge is -2.11. The number of para-hydroxylation sites is 1. The zero-order chi connectivity index (χ0) is 19.5. The van der Waals surface area contributed by atoms with E-state index in [4.69, 9.17) is 0 Å². The molecule has 2 amide bonds. The third kappa shape index (κ3) is 3.44. The highest BCUT2D eigenvalue weighted by molar-refractivity contribution is 6.00. The molecule has 2 N–H and O–H groups in total. The van der Waals surface area contributed by atoms with E-state index in [1.807, 2.05) is 72.1 Å². The van der Waals surface area contributed by atoms with Crippen LogP contribution in [0.2, 0.25) is 0 Å². The molecule has 0 spiro atoms. The molecule has 4 aromatic rings. The Labute approximate surface area is 163 Å². The Kier molecular flexibility index (Phi) is 4.76. The number of fused-ring (bicyclic) bond motifs is 1. The van der Waals surface area contributed by atoms with Gasteiger partial charge in [-0.1, -0.05) is 37.3 Å². The van der Waals surface area contributed by atoms with Crippen LogP contribution in [0.15, 0.2) is 67.0 Å². The predicted octanol–water partition coefficient (Wildman–Crippen LogP) is 4.91. The van der Waals surface area contributed by atoms with Crippen LogP contribution in [0.5, 0.6) is 0 Å². The second kappa shape index (κ2) is 7.52. The maximum atomic E-state index is 12.5. The molecule has 0 atom stereocenters. The number of hydrogen-bond donors (Lipinski definition) is 2. The van der Waals surface area contributed by atoms with Crippen LogP contribution < -0.4 is 10.6 Å². The quantitative estimate of drug-likeness (QED) is 0.535. The summed E-state index contributed by atoms with van der Waals surface area (Å²) in [5.41, 5.74) is 5.39. The Hall–Kier alpha value is -3.67. The summed E-state index contributed by atoms with van der Waals surface area (Å²) >= 11 is 0. The molecule has 2 heterocycles. The lowest BCUT2D eigenvalue weighted by Crippen LogP contribution is -2.20. The number of aromatic nitrogens is 3. The molecular formula is C22H21N5O. The maximum Gasteiger partial charge on any atom is 0.323 e. The van der Waals surface area contributed by atoms with Gasteiger partial charge >= 0.3 is 6.03 Å². The van der Waals surface area contributed by atoms with Gasteiger partial charge in [-0.05, 0) is 43.2 Å². The van der Waals surface area contributed by atoms with Crippen LogP contribution in [0.4, 0.5) is 16.2 Å². The van der Waals surface area contributed by atoms with E-state index >= 15 is 0 Å². The van der Waals surface area contributed by atoms with Crippen molar-refractivity contribution in [2.75, 3.05) is 10.6 Å². The van der Waals surface area contributed by atoms with E-state index in [0.29, 0.717) is 11.5 Å². The van der Waals surface area contributed by atoms with E-state index in [1.54, 1.807) is 6.20 Å². The van der Waals surface area contributed by atoms with Gasteiger partial charge in [0.25, 0.3) is 0 Å². The molecule has 2 aromatic heterocycles. The molecular weight excluding hydrogens is 350 g/mol. The van der Waals surface area contributed by atoms with Gasteiger partial charge in [-0.3, -0.25) is 4.40 Å². The molecule has 0 aliphatic carbocycles. The zero-order valence-electron chi connectivity index (χ0n) is 15.8. The summed E-state index contributed by atoms with van der Waals surface area (Å²) < 4.78 is 1.95. The van der Waals surface area contributed by atoms with Gasteiger partial charge in [0.2, 0.25) is 5.78 Å². The van der Waals surface area contributed by atoms with Crippen molar-refractivity contribution in [3.8, 4) is 11.3 Å². The van der Waals surface area contributed by atoms with Crippen molar-refractivity contribution < 1.29 is 4.79 Å². The van der Waals surface area contributed by atoms with Crippen LogP contribution in [-0.2, 0) is 6.42 Å². The van der Waals surface area contributed by atoms with Crippen LogP contribution in [0.1, 0.15) is 18.2 Å². The number of nitrogens with one attached hydrogen (secondary N) is 2. The molecule has 28 heavy (non-hydrogen) atoms. The predicted molar refractivity (Wildman–Crippen MR) is 112 cm³/mol. The van der Waals surface area contributed by atoms with Gasteiger partial charge in [0.05, 0.1) is 5.69 Å². The van der Waals surface area contributed by atoms with Gasteiger partial charge in [0.1, 0.15) is 0 Å². The lowest BCUT2D eigenvalue weighted by molar-refractivity contribution is 0.262. The van der Waals surface area contributed by atoms with Crippen LogP contribution in [-0.4, -0.2) is 20.4 Å². The first-order chi connectivity index (χ1) is 13.7. The molecule has 0 aliphatic rings. The Morgan fingerprint density at radius 1 is 1.07 bits per heavy atom. The van der Waals surface area contributed by atoms with Crippen LogP contribution in [0, 0.1) is 6.92 Å². The lowest BCUT2D eigenvalue weighted by atomic mass is 10.1. The van der Waals surface area contributed by atoms with Gasteiger partial charge < -0.3 is 10.6 Å². The summed E-state index contributed by atoms with van der Waals surface area (Å²) in [5.74, 6) is 0.655. The molecule has 4 rings (SSSR count). The molecule has 0 bridgehead atoms. The number of urea groups is 1. The molecule has 2 aromatic carbocycles. The first kappa shape index (κ1) is 17.7. The topological polar surface area (TPSA) is 71.3 Å². The van der Waals surface area contributed by atoms with Gasteiger partial charge in [-0.2, -0.15) is 0 Å². The molecule has 0 fully saturated rings. The average molecular weight is 371 g/mol. The zero-order valence-corrected chi connectivity index (χ0v) is 15.8. The number of carbonyl (C=O) groups is 1. The summed E-state index contributed by atoms with van der Waals surface area (Å²) in [4.78, 5) is 21.4. The highest BCUT2D eigenvalue weighted by Crippen LogP contribution is 2.26. The van der Waals surface area contributed by atoms with E-state index in [2.05, 4.69) is 27.5 Å². The van der Waals surface area contributed by atoms with E-state index in [1.165, 1.54) is 0 Å². The van der Waals surface area contributed by atoms with Gasteiger partial charge in [-0.15, -0.1) is 0 Å². The van der Waals surface area contributed by atoms with Crippen LogP contribution >= 0.6 is 0 Å². The van der Waals surface area contributed by atoms with Crippen molar-refractivity contribution in [3.63, 3.8) is 0 Å². The number of hydrogen-bond acceptors (Lipinski definition) is 3. The summed E-state index contributed by atoms with van der Waals surface area (Å²) in [6, 6.07) is 17.1. The minimum absolute atomic E-state index is 0.272. The van der Waals surface area contributed by atoms with Crippen molar-refractivity contribution in [2.24, 2.45) is 0 Å². The Morgan fingerprint density at radius 3 is 2.75 bits per heavy atom. The highest BCUT2D eigenvalue weighted by Gasteiger charge is 2.12. The molecule has 6 heteroatoms. The molecule has 140 valence electrons. The standard InChI is InChI=1S/C22H21N5O/c1-3-16-8-4-5-11-19(16)25-22(28)24-18-10-6-9-17(14-18)20-15(2)27-13-7-12-23-21(27)26-20/h4-14H,3H2,1-2H3,(H2,24,25,28). The van der Waals surface area contributed by atoms with Crippen molar-refractivity contribution >= 4 is 23.2 Å². The van der Waals surface area contributed by atoms with Gasteiger partial charge in [0.15, 0.2) is 0 Å². The summed E-state index contributed by atoms with van der Waals surface area (Å²) in [6.45, 7) is 4.07. The molecule has 0 radical (unpaired) electrons. The smallest absolute Gasteiger partial charge is 0.308 e. The Balaban J connectivity index is 1.57. The SMILES string of the molecule is CCc1ccccc1NC(=O)Nc1cccc(-c2nc3ncccn3c2C)c1. The fourth-order valence-electron chi connectivity index (χ4n) is 3.26. The Bertz CT molecular complexity index is 1150. The third-order valence-electron chi connectivity index (χ3n) is 4.68. The van der Waals surface area contributed by atoms with Crippen LogP contribution in [0.3, 0.4) is 0 Å². The van der Waals surface area contributed by atoms with E-state index in [9.17, 15) is 4.79 Å². The van der Waals surface area contributed by atoms with Gasteiger partial charge in [0, 0.05) is 35.0 Å². The number of rotatable bonds is 4. The molecule has 6 nitrogen and oxygen atoms in total. The molecule has 0 aliphatic heterocycles. The van der Waals surface area contributed by atoms with E-state index in [0.717, 1.165) is 34.6 Å². The van der Waals surface area contributed by atoms with Crippen molar-refractivity contribution in [1.82, 2.24) is 14.4 Å². The average Bonchev–Trinajstić information content (AvgIpc) is 3.05. The fourth-order valence-corrected chi connectivity index (χ4v) is 3.26. The van der Waals surface area contributed by atoms with E-state index < -0.39 is 0 Å². The molecule has 0 saturated carbocycles. The summed E-state index contributed by atoms with van der Waals surface area (Å²) in [6.07, 6.45) is 4.52. The number of imidazole rings is 1. The highest BCUT2D eigenvalue weighted by atomic mass is 16.2. The van der Waals surface area contributed by atoms with Gasteiger partial charge in [-0.25, -0.2) is 14.8 Å². The molecule has 0 saturated heterocycles. The number of anilines is 2. The first-order valence-electron chi connectivity index (χ1n) is 9.21. The number of benzene rings is 2. The largest absolute Gasteiger partial charge is 0.323 e. The second-order valence-electron chi connectivity index (χ2n) is 6.51. The number of aryl methyl sites for hydroxylation is 2. The summed E-state index contributed by atoms with van der Waals surface area (Å²) in [5, 5.41) is 5.83. The minimum atomic E-state index is -0.272. The first-order valence-corrected chi connectivity index (χ1v) is 9.21. The van der Waals surface area contributed by atoms with Crippen LogP contribution in [0.25, 0.3) is 17.0 Å². The molecule has 0 unspecified atom stereocenters. The number of nitrogens with zero attached hydrogens (tertiary/aromatic N) is 3. The Morgan fingerprint density at radius 2 is 1.93 bits per heavy atom. The van der Waals surface area contributed by atoms with Crippen molar-refractivity contribution in [2.45, 2.75) is 20.3 Å². The summed E-state index contributed by atoms with van der Waals surface area (Å²) in [7, 11) is 0. The fraction of sp³-hybridized carbons (Fsp3) is 0.136. The maximum absolute atomic E-state index is 12.5. The second-order valence-corrected chi connectivity index (χ2v) is 6.51. The minimum Gasteiger partial charge on any atom is -0.308 e. The number of carbonyl (C=O) groups excluding carboxylic acids is 1. The van der Waals surface area contributed by atoms with Crippen molar-refractivity contribution in [3.05, 3.63) is 78.2 Å². The third-order valence-corrected chi connectivity index (χ3v) is 4.68. The normalized spacial score (nSPS) is 10.8. The van der Waals surface area contributed by atoms with E-state index in [-0.39, 0.29) is 6.03 Å². The monoisotopic (exact) mass is 371 g/mol. The van der Waals surface area contributed by atoms with Crippen molar-refractivity contribution in [1.29, 1.82) is 0 Å².